The van der Waals surface area contributed by atoms with E-state index in [0.717, 1.165) is 10.0 Å². The van der Waals surface area contributed by atoms with E-state index in [0.29, 0.717) is 17.1 Å². The largest absolute Gasteiger partial charge is 0.457 e. The van der Waals surface area contributed by atoms with E-state index in [1.807, 2.05) is 36.4 Å². The minimum absolute atomic E-state index is 0.0809. The lowest BCUT2D eigenvalue weighted by Crippen LogP contribution is -2.34. The Labute approximate surface area is 177 Å². The monoisotopic (exact) mass is 450 g/mol. The maximum absolute atomic E-state index is 12.5. The minimum atomic E-state index is -0.434. The van der Waals surface area contributed by atoms with Gasteiger partial charge in [-0.25, -0.2) is 0 Å². The van der Waals surface area contributed by atoms with E-state index in [-0.39, 0.29) is 18.1 Å². The quantitative estimate of drug-likeness (QED) is 0.401. The van der Waals surface area contributed by atoms with Crippen LogP contribution in [0.25, 0.3) is 17.4 Å². The summed E-state index contributed by atoms with van der Waals surface area (Å²) in [5.74, 6) is 0.282. The highest BCUT2D eigenvalue weighted by molar-refractivity contribution is 9.10. The molecule has 2 N–H and O–H groups in total. The molecule has 0 radical (unpaired) electrons. The summed E-state index contributed by atoms with van der Waals surface area (Å²) in [6.07, 6.45) is 3.06. The Balaban J connectivity index is 1.86. The Morgan fingerprint density at radius 3 is 2.41 bits per heavy atom. The Bertz CT molecular complexity index is 1040. The van der Waals surface area contributed by atoms with Gasteiger partial charge < -0.3 is 15.1 Å². The van der Waals surface area contributed by atoms with Crippen LogP contribution in [0.1, 0.15) is 16.1 Å². The molecule has 1 aromatic heterocycles. The lowest BCUT2D eigenvalue weighted by atomic mass is 10.2. The number of hydrogen-bond acceptors (Lipinski definition) is 3. The lowest BCUT2D eigenvalue weighted by molar-refractivity contribution is -0.117. The van der Waals surface area contributed by atoms with Crippen molar-refractivity contribution in [1.29, 1.82) is 0 Å². The van der Waals surface area contributed by atoms with Gasteiger partial charge in [0.05, 0.1) is 0 Å². The summed E-state index contributed by atoms with van der Waals surface area (Å²) >= 11 is 3.40. The number of carbonyl (C=O) groups is 2. The SMILES string of the molecule is C=CCNC(=O)/C(=C\c1ccc(-c2ccc(Br)cc2)o1)NC(=O)c1ccccc1. The number of carbonyl (C=O) groups excluding carboxylic acids is 2. The summed E-state index contributed by atoms with van der Waals surface area (Å²) in [6.45, 7) is 3.86. The van der Waals surface area contributed by atoms with Crippen molar-refractivity contribution >= 4 is 33.8 Å². The third-order valence-electron chi connectivity index (χ3n) is 3.98. The van der Waals surface area contributed by atoms with E-state index >= 15 is 0 Å². The summed E-state index contributed by atoms with van der Waals surface area (Å²) in [4.78, 5) is 25.0. The van der Waals surface area contributed by atoms with Crippen LogP contribution >= 0.6 is 15.9 Å². The topological polar surface area (TPSA) is 71.3 Å². The first kappa shape index (κ1) is 20.4. The van der Waals surface area contributed by atoms with Crippen molar-refractivity contribution in [2.75, 3.05) is 6.54 Å². The average molecular weight is 451 g/mol. The van der Waals surface area contributed by atoms with Gasteiger partial charge in [0.1, 0.15) is 17.2 Å². The van der Waals surface area contributed by atoms with E-state index in [1.165, 1.54) is 6.08 Å². The molecule has 29 heavy (non-hydrogen) atoms. The Hall–Kier alpha value is -3.38. The van der Waals surface area contributed by atoms with E-state index in [1.54, 1.807) is 36.4 Å². The molecule has 6 heteroatoms. The smallest absolute Gasteiger partial charge is 0.268 e. The highest BCUT2D eigenvalue weighted by atomic mass is 79.9. The van der Waals surface area contributed by atoms with Crippen molar-refractivity contribution < 1.29 is 14.0 Å². The molecule has 0 fully saturated rings. The lowest BCUT2D eigenvalue weighted by Gasteiger charge is -2.09. The Morgan fingerprint density at radius 2 is 1.72 bits per heavy atom. The zero-order chi connectivity index (χ0) is 20.6. The maximum atomic E-state index is 12.5. The summed E-state index contributed by atoms with van der Waals surface area (Å²) in [7, 11) is 0. The highest BCUT2D eigenvalue weighted by Gasteiger charge is 2.15. The molecular formula is C23H19BrN2O3. The fourth-order valence-corrected chi connectivity index (χ4v) is 2.81. The first-order chi connectivity index (χ1) is 14.1. The third-order valence-corrected chi connectivity index (χ3v) is 4.51. The van der Waals surface area contributed by atoms with Crippen LogP contribution in [0.15, 0.2) is 94.0 Å². The van der Waals surface area contributed by atoms with Crippen LogP contribution in [0.5, 0.6) is 0 Å². The molecule has 3 aromatic rings. The van der Waals surface area contributed by atoms with Gasteiger partial charge in [0.25, 0.3) is 11.8 Å². The predicted octanol–water partition coefficient (Wildman–Crippen LogP) is 4.78. The number of nitrogens with one attached hydrogen (secondary N) is 2. The fourth-order valence-electron chi connectivity index (χ4n) is 2.54. The van der Waals surface area contributed by atoms with Gasteiger partial charge in [-0.1, -0.05) is 52.3 Å². The molecule has 0 bridgehead atoms. The van der Waals surface area contributed by atoms with Crippen LogP contribution in [0.3, 0.4) is 0 Å². The molecule has 2 aromatic carbocycles. The molecule has 0 spiro atoms. The molecular weight excluding hydrogens is 432 g/mol. The van der Waals surface area contributed by atoms with Crippen LogP contribution in [-0.2, 0) is 4.79 Å². The number of rotatable bonds is 7. The zero-order valence-corrected chi connectivity index (χ0v) is 17.1. The number of furan rings is 1. The van der Waals surface area contributed by atoms with Crippen molar-refractivity contribution in [2.24, 2.45) is 0 Å². The second kappa shape index (κ2) is 9.71. The molecule has 1 heterocycles. The van der Waals surface area contributed by atoms with Crippen LogP contribution in [-0.4, -0.2) is 18.4 Å². The fraction of sp³-hybridized carbons (Fsp3) is 0.0435. The highest BCUT2D eigenvalue weighted by Crippen LogP contribution is 2.25. The first-order valence-electron chi connectivity index (χ1n) is 8.90. The predicted molar refractivity (Wildman–Crippen MR) is 117 cm³/mol. The van der Waals surface area contributed by atoms with E-state index in [2.05, 4.69) is 33.1 Å². The molecule has 0 aliphatic carbocycles. The summed E-state index contributed by atoms with van der Waals surface area (Å²) in [6, 6.07) is 19.9. The molecule has 0 saturated carbocycles. The van der Waals surface area contributed by atoms with Gasteiger partial charge in [-0.2, -0.15) is 0 Å². The minimum Gasteiger partial charge on any atom is -0.457 e. The second-order valence-electron chi connectivity index (χ2n) is 6.09. The number of amides is 2. The van der Waals surface area contributed by atoms with E-state index < -0.39 is 5.91 Å². The molecule has 0 atom stereocenters. The molecule has 0 unspecified atom stereocenters. The average Bonchev–Trinajstić information content (AvgIpc) is 3.21. The van der Waals surface area contributed by atoms with Gasteiger partial charge in [0.2, 0.25) is 0 Å². The molecule has 3 rings (SSSR count). The number of hydrogen-bond donors (Lipinski definition) is 2. The Morgan fingerprint density at radius 1 is 1.00 bits per heavy atom. The molecule has 5 nitrogen and oxygen atoms in total. The number of halogens is 1. The molecule has 2 amide bonds. The maximum Gasteiger partial charge on any atom is 0.268 e. The van der Waals surface area contributed by atoms with Crippen molar-refractivity contribution in [3.63, 3.8) is 0 Å². The molecule has 0 aliphatic heterocycles. The van der Waals surface area contributed by atoms with Gasteiger partial charge in [-0.15, -0.1) is 6.58 Å². The molecule has 146 valence electrons. The second-order valence-corrected chi connectivity index (χ2v) is 7.00. The van der Waals surface area contributed by atoms with Gasteiger partial charge in [-0.3, -0.25) is 9.59 Å². The summed E-state index contributed by atoms with van der Waals surface area (Å²) < 4.78 is 6.81. The first-order valence-corrected chi connectivity index (χ1v) is 9.69. The van der Waals surface area contributed by atoms with E-state index in [9.17, 15) is 9.59 Å². The molecule has 0 aliphatic rings. The van der Waals surface area contributed by atoms with Crippen LogP contribution in [0, 0.1) is 0 Å². The van der Waals surface area contributed by atoms with Crippen LogP contribution in [0.2, 0.25) is 0 Å². The van der Waals surface area contributed by atoms with Gasteiger partial charge >= 0.3 is 0 Å². The zero-order valence-electron chi connectivity index (χ0n) is 15.5. The summed E-state index contributed by atoms with van der Waals surface area (Å²) in [5.41, 5.74) is 1.43. The third kappa shape index (κ3) is 5.56. The van der Waals surface area contributed by atoms with Crippen LogP contribution < -0.4 is 10.6 Å². The van der Waals surface area contributed by atoms with Gasteiger partial charge in [0, 0.05) is 28.2 Å². The standard InChI is InChI=1S/C23H19BrN2O3/c1-2-14-25-23(28)20(26-22(27)17-6-4-3-5-7-17)15-19-12-13-21(29-19)16-8-10-18(24)11-9-16/h2-13,15H,1,14H2,(H,25,28)(H,26,27)/b20-15+. The van der Waals surface area contributed by atoms with Crippen molar-refractivity contribution in [2.45, 2.75) is 0 Å². The Kier molecular flexibility index (Phi) is 6.81. The van der Waals surface area contributed by atoms with Gasteiger partial charge in [-0.05, 0) is 36.4 Å². The van der Waals surface area contributed by atoms with Crippen molar-refractivity contribution in [3.05, 3.63) is 101 Å². The van der Waals surface area contributed by atoms with E-state index in [4.69, 9.17) is 4.42 Å². The number of benzene rings is 2. The molecule has 0 saturated heterocycles. The van der Waals surface area contributed by atoms with Crippen LogP contribution in [0.4, 0.5) is 0 Å². The summed E-state index contributed by atoms with van der Waals surface area (Å²) in [5, 5.41) is 5.32. The van der Waals surface area contributed by atoms with Crippen molar-refractivity contribution in [1.82, 2.24) is 10.6 Å². The van der Waals surface area contributed by atoms with Crippen molar-refractivity contribution in [3.8, 4) is 11.3 Å². The van der Waals surface area contributed by atoms with Gasteiger partial charge in [0.15, 0.2) is 0 Å². The normalized spacial score (nSPS) is 11.0.